The highest BCUT2D eigenvalue weighted by molar-refractivity contribution is 6.01. The lowest BCUT2D eigenvalue weighted by Crippen LogP contribution is -2.07. The van der Waals surface area contributed by atoms with E-state index in [1.807, 2.05) is 0 Å². The van der Waals surface area contributed by atoms with Crippen LogP contribution in [-0.2, 0) is 11.2 Å². The summed E-state index contributed by atoms with van der Waals surface area (Å²) in [6, 6.07) is 13.4. The van der Waals surface area contributed by atoms with E-state index in [-0.39, 0.29) is 24.0 Å². The minimum absolute atomic E-state index is 0.0640. The monoisotopic (exact) mass is 372 g/mol. The van der Waals surface area contributed by atoms with Gasteiger partial charge in [-0.3, -0.25) is 4.79 Å². The minimum atomic E-state index is -2.95. The van der Waals surface area contributed by atoms with Crippen LogP contribution in [0.15, 0.2) is 48.5 Å². The summed E-state index contributed by atoms with van der Waals surface area (Å²) >= 11 is 0. The Morgan fingerprint density at radius 2 is 1.96 bits per heavy atom. The quantitative estimate of drug-likeness (QED) is 0.697. The Labute approximate surface area is 155 Å². The van der Waals surface area contributed by atoms with E-state index in [4.69, 9.17) is 10.00 Å². The van der Waals surface area contributed by atoms with Crippen LogP contribution in [0.1, 0.15) is 18.1 Å². The van der Waals surface area contributed by atoms with Crippen molar-refractivity contribution in [2.24, 2.45) is 0 Å². The van der Waals surface area contributed by atoms with Crippen molar-refractivity contribution in [3.63, 3.8) is 0 Å². The number of nitrogens with zero attached hydrogens (tertiary/aromatic N) is 1. The molecule has 0 aliphatic heterocycles. The molecule has 5 nitrogen and oxygen atoms in total. The molecule has 0 unspecified atom stereocenters. The van der Waals surface area contributed by atoms with Crippen LogP contribution in [0.25, 0.3) is 6.08 Å². The van der Waals surface area contributed by atoms with E-state index < -0.39 is 6.61 Å². The molecule has 0 saturated heterocycles. The molecule has 0 aliphatic rings. The Balaban J connectivity index is 2.04. The molecule has 27 heavy (non-hydrogen) atoms. The molecule has 2 rings (SSSR count). The maximum atomic E-state index is 12.4. The Morgan fingerprint density at radius 3 is 2.59 bits per heavy atom. The lowest BCUT2D eigenvalue weighted by molar-refractivity contribution is -0.111. The average molecular weight is 372 g/mol. The predicted molar refractivity (Wildman–Crippen MR) is 97.7 cm³/mol. The number of nitrogens with one attached hydrogen (secondary N) is 1. The molecule has 0 aliphatic carbocycles. The normalized spacial score (nSPS) is 10.6. The summed E-state index contributed by atoms with van der Waals surface area (Å²) in [6.07, 6.45) is 3.16. The first-order valence-corrected chi connectivity index (χ1v) is 8.18. The summed E-state index contributed by atoms with van der Waals surface area (Å²) in [5, 5.41) is 11.3. The van der Waals surface area contributed by atoms with Crippen LogP contribution in [0.2, 0.25) is 0 Å². The topological polar surface area (TPSA) is 71.3 Å². The maximum Gasteiger partial charge on any atom is 0.387 e. The molecule has 0 atom stereocenters. The summed E-state index contributed by atoms with van der Waals surface area (Å²) in [5.41, 5.74) is 2.06. The lowest BCUT2D eigenvalue weighted by Gasteiger charge is -2.11. The average Bonchev–Trinajstić information content (AvgIpc) is 2.63. The van der Waals surface area contributed by atoms with Crippen LogP contribution < -0.4 is 14.8 Å². The molecular weight excluding hydrogens is 354 g/mol. The van der Waals surface area contributed by atoms with Crippen molar-refractivity contribution in [3.8, 4) is 17.6 Å². The van der Waals surface area contributed by atoms with Crippen LogP contribution >= 0.6 is 0 Å². The van der Waals surface area contributed by atoms with Crippen molar-refractivity contribution >= 4 is 17.7 Å². The van der Waals surface area contributed by atoms with Gasteiger partial charge in [0, 0.05) is 11.8 Å². The van der Waals surface area contributed by atoms with E-state index in [1.54, 1.807) is 37.3 Å². The first-order valence-electron chi connectivity index (χ1n) is 8.18. The van der Waals surface area contributed by atoms with Gasteiger partial charge in [0.05, 0.1) is 19.1 Å². The fraction of sp³-hybridized carbons (Fsp3) is 0.200. The molecule has 0 saturated carbocycles. The zero-order chi connectivity index (χ0) is 19.6. The number of benzene rings is 2. The first kappa shape index (κ1) is 19.9. The molecule has 7 heteroatoms. The second kappa shape index (κ2) is 9.92. The Morgan fingerprint density at radius 1 is 1.22 bits per heavy atom. The largest absolute Gasteiger partial charge is 0.490 e. The fourth-order valence-corrected chi connectivity index (χ4v) is 2.24. The van der Waals surface area contributed by atoms with Crippen molar-refractivity contribution < 1.29 is 23.0 Å². The molecular formula is C20H18F2N2O3. The number of nitriles is 1. The van der Waals surface area contributed by atoms with E-state index in [9.17, 15) is 13.6 Å². The molecule has 2 aromatic rings. The number of hydrogen-bond donors (Lipinski definition) is 1. The fourth-order valence-electron chi connectivity index (χ4n) is 2.24. The molecule has 0 radical (unpaired) electrons. The number of rotatable bonds is 8. The third kappa shape index (κ3) is 6.44. The number of halogens is 2. The summed E-state index contributed by atoms with van der Waals surface area (Å²) in [5.74, 6) is -0.242. The van der Waals surface area contributed by atoms with Gasteiger partial charge >= 0.3 is 6.61 Å². The van der Waals surface area contributed by atoms with Gasteiger partial charge < -0.3 is 14.8 Å². The lowest BCUT2D eigenvalue weighted by atomic mass is 10.1. The third-order valence-electron chi connectivity index (χ3n) is 3.42. The van der Waals surface area contributed by atoms with E-state index in [1.165, 1.54) is 24.3 Å². The van der Waals surface area contributed by atoms with Crippen molar-refractivity contribution in [1.82, 2.24) is 0 Å². The molecule has 1 N–H and O–H groups in total. The molecule has 0 bridgehead atoms. The second-order valence-electron chi connectivity index (χ2n) is 5.37. The van der Waals surface area contributed by atoms with Crippen molar-refractivity contribution in [2.75, 3.05) is 11.9 Å². The van der Waals surface area contributed by atoms with Gasteiger partial charge in [-0.2, -0.15) is 14.0 Å². The predicted octanol–water partition coefficient (Wildman–Crippen LogP) is 4.40. The summed E-state index contributed by atoms with van der Waals surface area (Å²) in [6.45, 7) is -0.935. The molecule has 140 valence electrons. The number of alkyl halides is 2. The minimum Gasteiger partial charge on any atom is -0.490 e. The van der Waals surface area contributed by atoms with E-state index in [0.717, 1.165) is 5.56 Å². The summed E-state index contributed by atoms with van der Waals surface area (Å²) < 4.78 is 34.5. The Bertz CT molecular complexity index is 843. The highest BCUT2D eigenvalue weighted by Gasteiger charge is 2.11. The number of ether oxygens (including phenoxy) is 2. The molecule has 0 aromatic heterocycles. The molecule has 2 aromatic carbocycles. The number of anilines is 1. The van der Waals surface area contributed by atoms with Crippen molar-refractivity contribution in [1.29, 1.82) is 5.26 Å². The van der Waals surface area contributed by atoms with E-state index in [0.29, 0.717) is 17.7 Å². The number of carbonyl (C=O) groups is 1. The zero-order valence-electron chi connectivity index (χ0n) is 14.6. The SMILES string of the molecule is CCOc1cc(/C=C/C(=O)Nc2ccc(CC#N)cc2)ccc1OC(F)F. The standard InChI is InChI=1S/C20H18F2N2O3/c1-2-26-18-13-15(5-9-17(18)27-20(21)22)6-10-19(25)24-16-7-3-14(4-8-16)11-12-23/h3-10,13,20H,2,11H2,1H3,(H,24,25)/b10-6+. The highest BCUT2D eigenvalue weighted by Crippen LogP contribution is 2.30. The van der Waals surface area contributed by atoms with Gasteiger partial charge in [0.1, 0.15) is 0 Å². The van der Waals surface area contributed by atoms with Crippen LogP contribution in [-0.4, -0.2) is 19.1 Å². The van der Waals surface area contributed by atoms with Crippen molar-refractivity contribution in [2.45, 2.75) is 20.0 Å². The zero-order valence-corrected chi connectivity index (χ0v) is 14.6. The molecule has 0 spiro atoms. The van der Waals surface area contributed by atoms with Gasteiger partial charge in [-0.25, -0.2) is 0 Å². The van der Waals surface area contributed by atoms with Gasteiger partial charge in [-0.15, -0.1) is 0 Å². The van der Waals surface area contributed by atoms with Gasteiger partial charge in [0.15, 0.2) is 11.5 Å². The summed E-state index contributed by atoms with van der Waals surface area (Å²) in [7, 11) is 0. The molecule has 0 heterocycles. The van der Waals surface area contributed by atoms with Crippen LogP contribution in [0.5, 0.6) is 11.5 Å². The highest BCUT2D eigenvalue weighted by atomic mass is 19.3. The molecule has 1 amide bonds. The first-order chi connectivity index (χ1) is 13.0. The van der Waals surface area contributed by atoms with Crippen LogP contribution in [0.3, 0.4) is 0 Å². The molecule has 0 fully saturated rings. The Kier molecular flexibility index (Phi) is 7.32. The number of carbonyl (C=O) groups excluding carboxylic acids is 1. The van der Waals surface area contributed by atoms with Gasteiger partial charge in [-0.1, -0.05) is 18.2 Å². The van der Waals surface area contributed by atoms with Crippen LogP contribution in [0.4, 0.5) is 14.5 Å². The van der Waals surface area contributed by atoms with E-state index >= 15 is 0 Å². The smallest absolute Gasteiger partial charge is 0.387 e. The van der Waals surface area contributed by atoms with Crippen LogP contribution in [0, 0.1) is 11.3 Å². The number of amides is 1. The second-order valence-corrected chi connectivity index (χ2v) is 5.37. The number of hydrogen-bond acceptors (Lipinski definition) is 4. The van der Waals surface area contributed by atoms with E-state index in [2.05, 4.69) is 16.1 Å². The Hall–Kier alpha value is -3.40. The summed E-state index contributed by atoms with van der Waals surface area (Å²) in [4.78, 5) is 12.0. The van der Waals surface area contributed by atoms with Gasteiger partial charge in [0.25, 0.3) is 0 Å². The maximum absolute atomic E-state index is 12.4. The third-order valence-corrected chi connectivity index (χ3v) is 3.42. The van der Waals surface area contributed by atoms with Gasteiger partial charge in [-0.05, 0) is 48.4 Å². The van der Waals surface area contributed by atoms with Gasteiger partial charge in [0.2, 0.25) is 5.91 Å². The van der Waals surface area contributed by atoms with Crippen molar-refractivity contribution in [3.05, 3.63) is 59.7 Å².